The van der Waals surface area contributed by atoms with E-state index in [2.05, 4.69) is 15.9 Å². The largest absolute Gasteiger partial charge is 0.492 e. The van der Waals surface area contributed by atoms with E-state index in [0.29, 0.717) is 18.3 Å². The molecular weight excluding hydrogens is 308 g/mol. The van der Waals surface area contributed by atoms with Crippen molar-refractivity contribution in [1.82, 2.24) is 0 Å². The molecule has 2 aliphatic carbocycles. The SMILES string of the molecule is O=C(O)c1cc(Br)ccc1OCC1CC2CCC1C2. The van der Waals surface area contributed by atoms with Gasteiger partial charge in [-0.05, 0) is 55.2 Å². The van der Waals surface area contributed by atoms with Crippen molar-refractivity contribution in [2.24, 2.45) is 17.8 Å². The van der Waals surface area contributed by atoms with Crippen molar-refractivity contribution < 1.29 is 14.6 Å². The van der Waals surface area contributed by atoms with Gasteiger partial charge in [0.15, 0.2) is 0 Å². The fraction of sp³-hybridized carbons (Fsp3) is 0.533. The smallest absolute Gasteiger partial charge is 0.339 e. The number of hydrogen-bond acceptors (Lipinski definition) is 2. The second-order valence-electron chi connectivity index (χ2n) is 5.69. The Morgan fingerprint density at radius 2 is 2.21 bits per heavy atom. The number of carbonyl (C=O) groups is 1. The highest BCUT2D eigenvalue weighted by Gasteiger charge is 2.39. The highest BCUT2D eigenvalue weighted by atomic mass is 79.9. The van der Waals surface area contributed by atoms with Crippen LogP contribution in [-0.2, 0) is 0 Å². The van der Waals surface area contributed by atoms with Gasteiger partial charge in [0, 0.05) is 4.47 Å². The Bertz CT molecular complexity index is 500. The summed E-state index contributed by atoms with van der Waals surface area (Å²) in [5, 5.41) is 9.19. The van der Waals surface area contributed by atoms with Crippen LogP contribution in [0.4, 0.5) is 0 Å². The van der Waals surface area contributed by atoms with Crippen molar-refractivity contribution in [2.45, 2.75) is 25.7 Å². The van der Waals surface area contributed by atoms with Gasteiger partial charge < -0.3 is 9.84 Å². The van der Waals surface area contributed by atoms with Crippen molar-refractivity contribution in [3.8, 4) is 5.75 Å². The molecule has 2 aliphatic rings. The zero-order valence-electron chi connectivity index (χ0n) is 10.6. The Labute approximate surface area is 121 Å². The number of benzene rings is 1. The Morgan fingerprint density at radius 1 is 1.37 bits per heavy atom. The summed E-state index contributed by atoms with van der Waals surface area (Å²) in [5.74, 6) is 1.85. The van der Waals surface area contributed by atoms with Crippen molar-refractivity contribution >= 4 is 21.9 Å². The van der Waals surface area contributed by atoms with E-state index < -0.39 is 5.97 Å². The molecule has 3 rings (SSSR count). The van der Waals surface area contributed by atoms with E-state index in [9.17, 15) is 9.90 Å². The summed E-state index contributed by atoms with van der Waals surface area (Å²) in [4.78, 5) is 11.2. The minimum atomic E-state index is -0.941. The molecule has 1 aromatic rings. The molecule has 0 radical (unpaired) electrons. The average molecular weight is 325 g/mol. The predicted molar refractivity (Wildman–Crippen MR) is 75.5 cm³/mol. The van der Waals surface area contributed by atoms with Gasteiger partial charge in [0.25, 0.3) is 0 Å². The quantitative estimate of drug-likeness (QED) is 0.911. The first-order valence-electron chi connectivity index (χ1n) is 6.79. The van der Waals surface area contributed by atoms with Gasteiger partial charge in [0.2, 0.25) is 0 Å². The number of carboxylic acid groups (broad SMARTS) is 1. The summed E-state index contributed by atoms with van der Waals surface area (Å²) in [5.41, 5.74) is 0.234. The highest BCUT2D eigenvalue weighted by Crippen LogP contribution is 2.48. The van der Waals surface area contributed by atoms with Gasteiger partial charge in [-0.1, -0.05) is 22.4 Å². The number of halogens is 1. The van der Waals surface area contributed by atoms with Crippen LogP contribution in [-0.4, -0.2) is 17.7 Å². The molecule has 3 atom stereocenters. The lowest BCUT2D eigenvalue weighted by Gasteiger charge is -2.22. The minimum absolute atomic E-state index is 0.234. The normalized spacial score (nSPS) is 28.6. The molecule has 1 N–H and O–H groups in total. The molecule has 102 valence electrons. The first-order valence-corrected chi connectivity index (χ1v) is 7.58. The minimum Gasteiger partial charge on any atom is -0.492 e. The number of rotatable bonds is 4. The molecule has 19 heavy (non-hydrogen) atoms. The molecule has 1 aromatic carbocycles. The van der Waals surface area contributed by atoms with Gasteiger partial charge in [0.1, 0.15) is 11.3 Å². The average Bonchev–Trinajstić information content (AvgIpc) is 2.99. The van der Waals surface area contributed by atoms with Crippen molar-refractivity contribution in [1.29, 1.82) is 0 Å². The van der Waals surface area contributed by atoms with E-state index in [1.165, 1.54) is 25.7 Å². The van der Waals surface area contributed by atoms with Gasteiger partial charge in [-0.3, -0.25) is 0 Å². The van der Waals surface area contributed by atoms with Crippen LogP contribution < -0.4 is 4.74 Å². The van der Waals surface area contributed by atoms with E-state index in [1.54, 1.807) is 12.1 Å². The number of ether oxygens (including phenoxy) is 1. The maximum Gasteiger partial charge on any atom is 0.339 e. The summed E-state index contributed by atoms with van der Waals surface area (Å²) in [7, 11) is 0. The monoisotopic (exact) mass is 324 g/mol. The fourth-order valence-electron chi connectivity index (χ4n) is 3.57. The summed E-state index contributed by atoms with van der Waals surface area (Å²) in [6.45, 7) is 0.656. The van der Waals surface area contributed by atoms with Crippen LogP contribution in [0.3, 0.4) is 0 Å². The maximum atomic E-state index is 11.2. The summed E-state index contributed by atoms with van der Waals surface area (Å²) < 4.78 is 6.55. The van der Waals surface area contributed by atoms with Gasteiger partial charge in [-0.25, -0.2) is 4.79 Å². The van der Waals surface area contributed by atoms with Crippen LogP contribution in [0.25, 0.3) is 0 Å². The Morgan fingerprint density at radius 3 is 2.84 bits per heavy atom. The molecule has 0 saturated heterocycles. The molecule has 2 saturated carbocycles. The molecule has 3 nitrogen and oxygen atoms in total. The summed E-state index contributed by atoms with van der Waals surface area (Å²) in [6.07, 6.45) is 5.30. The number of fused-ring (bicyclic) bond motifs is 2. The van der Waals surface area contributed by atoms with Crippen molar-refractivity contribution in [3.05, 3.63) is 28.2 Å². The van der Waals surface area contributed by atoms with Crippen LogP contribution >= 0.6 is 15.9 Å². The zero-order chi connectivity index (χ0) is 13.4. The topological polar surface area (TPSA) is 46.5 Å². The third-order valence-corrected chi connectivity index (χ3v) is 5.00. The summed E-state index contributed by atoms with van der Waals surface area (Å²) >= 11 is 3.29. The standard InChI is InChI=1S/C15H17BrO3/c16-12-3-4-14(13(7-12)15(17)18)19-8-11-6-9-1-2-10(11)5-9/h3-4,7,9-11H,1-2,5-6,8H2,(H,17,18). The second kappa shape index (κ2) is 5.16. The van der Waals surface area contributed by atoms with Gasteiger partial charge >= 0.3 is 5.97 Å². The van der Waals surface area contributed by atoms with Gasteiger partial charge in [0.05, 0.1) is 6.61 Å². The molecule has 0 amide bonds. The predicted octanol–water partition coefficient (Wildman–Crippen LogP) is 3.96. The first-order chi connectivity index (χ1) is 9.13. The molecule has 0 spiro atoms. The zero-order valence-corrected chi connectivity index (χ0v) is 12.2. The van der Waals surface area contributed by atoms with Crippen LogP contribution in [0.15, 0.2) is 22.7 Å². The fourth-order valence-corrected chi connectivity index (χ4v) is 3.93. The molecule has 3 unspecified atom stereocenters. The van der Waals surface area contributed by atoms with Crippen LogP contribution in [0.2, 0.25) is 0 Å². The van der Waals surface area contributed by atoms with E-state index >= 15 is 0 Å². The molecule has 2 fully saturated rings. The first kappa shape index (κ1) is 13.0. The number of hydrogen-bond donors (Lipinski definition) is 1. The Kier molecular flexibility index (Phi) is 3.52. The molecule has 0 aromatic heterocycles. The van der Waals surface area contributed by atoms with E-state index in [-0.39, 0.29) is 5.56 Å². The molecular formula is C15H17BrO3. The lowest BCUT2D eigenvalue weighted by molar-refractivity contribution is 0.0690. The molecule has 4 heteroatoms. The number of aromatic carboxylic acids is 1. The third-order valence-electron chi connectivity index (χ3n) is 4.51. The highest BCUT2D eigenvalue weighted by molar-refractivity contribution is 9.10. The van der Waals surface area contributed by atoms with Crippen molar-refractivity contribution in [3.63, 3.8) is 0 Å². The number of carboxylic acids is 1. The van der Waals surface area contributed by atoms with E-state index in [1.807, 2.05) is 6.07 Å². The third kappa shape index (κ3) is 2.64. The van der Waals surface area contributed by atoms with Crippen molar-refractivity contribution in [2.75, 3.05) is 6.61 Å². The van der Waals surface area contributed by atoms with E-state index in [0.717, 1.165) is 16.3 Å². The molecule has 0 heterocycles. The maximum absolute atomic E-state index is 11.2. The van der Waals surface area contributed by atoms with Gasteiger partial charge in [-0.15, -0.1) is 0 Å². The molecule has 2 bridgehead atoms. The second-order valence-corrected chi connectivity index (χ2v) is 6.61. The van der Waals surface area contributed by atoms with Crippen LogP contribution in [0, 0.1) is 17.8 Å². The van der Waals surface area contributed by atoms with E-state index in [4.69, 9.17) is 4.74 Å². The Balaban J connectivity index is 1.68. The van der Waals surface area contributed by atoms with Gasteiger partial charge in [-0.2, -0.15) is 0 Å². The Hall–Kier alpha value is -1.03. The molecule has 0 aliphatic heterocycles. The van der Waals surface area contributed by atoms with Crippen LogP contribution in [0.5, 0.6) is 5.75 Å². The summed E-state index contributed by atoms with van der Waals surface area (Å²) in [6, 6.07) is 5.15. The van der Waals surface area contributed by atoms with Crippen LogP contribution in [0.1, 0.15) is 36.0 Å². The lowest BCUT2D eigenvalue weighted by atomic mass is 9.89. The lowest BCUT2D eigenvalue weighted by Crippen LogP contribution is -2.19.